The van der Waals surface area contributed by atoms with Gasteiger partial charge in [-0.25, -0.2) is 20.0 Å². The minimum atomic E-state index is -1.29. The zero-order chi connectivity index (χ0) is 34.0. The predicted octanol–water partition coefficient (Wildman–Crippen LogP) is 10.1. The van der Waals surface area contributed by atoms with E-state index in [4.69, 9.17) is 20.0 Å². The molecule has 8 rings (SSSR count). The fourth-order valence-electron chi connectivity index (χ4n) is 6.72. The Hall–Kier alpha value is -5.30. The molecule has 0 N–H and O–H groups in total. The molecule has 2 heterocycles. The molecule has 4 nitrogen and oxygen atoms in total. The molecule has 0 saturated carbocycles. The fraction of sp³-hybridized carbons (Fsp3) is 0.0909. The van der Waals surface area contributed by atoms with E-state index in [0.29, 0.717) is 0 Å². The summed E-state index contributed by atoms with van der Waals surface area (Å²) in [5, 5.41) is 0. The van der Waals surface area contributed by atoms with Crippen molar-refractivity contribution in [2.75, 3.05) is 12.5 Å². The second-order valence-corrected chi connectivity index (χ2v) is 13.9. The van der Waals surface area contributed by atoms with Gasteiger partial charge in [-0.1, -0.05) is 146 Å². The van der Waals surface area contributed by atoms with Crippen molar-refractivity contribution < 1.29 is 0 Å². The van der Waals surface area contributed by atoms with Crippen molar-refractivity contribution in [1.29, 1.82) is 0 Å². The molecule has 50 heavy (non-hydrogen) atoms. The quantitative estimate of drug-likeness (QED) is 0.143. The molecule has 0 amide bonds. The normalized spacial score (nSPS) is 16.0. The number of aliphatic imine (C=N–C) groups is 4. The summed E-state index contributed by atoms with van der Waals surface area (Å²) in [5.41, 5.74) is 6.44. The SMILES string of the molecule is CSc1ccc(C2(C3(c4ccc(SC)cc4)N=C(c4ccccc4)C(c4ccccc4)=N3)N=C(c3ccccc3)C(c3ccccc3)=N2)cc1. The monoisotopic (exact) mass is 682 g/mol. The molecule has 0 bridgehead atoms. The number of hydrogen-bond acceptors (Lipinski definition) is 6. The lowest BCUT2D eigenvalue weighted by molar-refractivity contribution is 0.257. The maximum Gasteiger partial charge on any atom is 0.226 e. The van der Waals surface area contributed by atoms with Crippen LogP contribution in [0.4, 0.5) is 0 Å². The highest BCUT2D eigenvalue weighted by molar-refractivity contribution is 7.98. The van der Waals surface area contributed by atoms with E-state index in [1.165, 1.54) is 0 Å². The number of hydrogen-bond donors (Lipinski definition) is 0. The average Bonchev–Trinajstić information content (AvgIpc) is 3.82. The van der Waals surface area contributed by atoms with Crippen LogP contribution >= 0.6 is 23.5 Å². The van der Waals surface area contributed by atoms with E-state index in [1.807, 2.05) is 24.3 Å². The molecule has 0 spiro atoms. The summed E-state index contributed by atoms with van der Waals surface area (Å²) in [7, 11) is 0. The Labute approximate surface area is 301 Å². The van der Waals surface area contributed by atoms with Crippen LogP contribution in [0, 0.1) is 0 Å². The third kappa shape index (κ3) is 5.55. The highest BCUT2D eigenvalue weighted by Gasteiger charge is 2.60. The maximum absolute atomic E-state index is 5.79. The van der Waals surface area contributed by atoms with Crippen LogP contribution < -0.4 is 0 Å². The van der Waals surface area contributed by atoms with Crippen LogP contribution in [0.25, 0.3) is 0 Å². The van der Waals surface area contributed by atoms with E-state index in [0.717, 1.165) is 66.0 Å². The molecule has 0 saturated heterocycles. The number of thioether (sulfide) groups is 2. The highest BCUT2D eigenvalue weighted by atomic mass is 32.2. The molecule has 2 aliphatic heterocycles. The van der Waals surface area contributed by atoms with Crippen LogP contribution in [0.1, 0.15) is 33.4 Å². The Morgan fingerprint density at radius 1 is 0.320 bits per heavy atom. The molecule has 6 aromatic rings. The molecule has 0 radical (unpaired) electrons. The summed E-state index contributed by atoms with van der Waals surface area (Å²) < 4.78 is 0. The molecule has 6 aromatic carbocycles. The van der Waals surface area contributed by atoms with E-state index in [2.05, 4.69) is 158 Å². The molecule has 0 unspecified atom stereocenters. The molecule has 0 aliphatic carbocycles. The first kappa shape index (κ1) is 31.9. The highest BCUT2D eigenvalue weighted by Crippen LogP contribution is 2.54. The lowest BCUT2D eigenvalue weighted by Crippen LogP contribution is -2.43. The third-order valence-corrected chi connectivity index (χ3v) is 10.7. The van der Waals surface area contributed by atoms with Crippen molar-refractivity contribution in [2.45, 2.75) is 21.1 Å². The minimum absolute atomic E-state index is 0.811. The van der Waals surface area contributed by atoms with Gasteiger partial charge in [-0.05, 0) is 36.8 Å². The summed E-state index contributed by atoms with van der Waals surface area (Å²) in [6.07, 6.45) is 4.19. The lowest BCUT2D eigenvalue weighted by Gasteiger charge is -2.38. The lowest BCUT2D eigenvalue weighted by atomic mass is 9.82. The summed E-state index contributed by atoms with van der Waals surface area (Å²) in [6.45, 7) is 0. The maximum atomic E-state index is 5.79. The van der Waals surface area contributed by atoms with Gasteiger partial charge in [-0.2, -0.15) is 0 Å². The van der Waals surface area contributed by atoms with Crippen molar-refractivity contribution in [3.63, 3.8) is 0 Å². The van der Waals surface area contributed by atoms with E-state index in [9.17, 15) is 0 Å². The summed E-state index contributed by atoms with van der Waals surface area (Å²) in [5.74, 6) is 0. The third-order valence-electron chi connectivity index (χ3n) is 9.20. The van der Waals surface area contributed by atoms with Gasteiger partial charge >= 0.3 is 0 Å². The van der Waals surface area contributed by atoms with Gasteiger partial charge in [0.05, 0.1) is 22.8 Å². The van der Waals surface area contributed by atoms with Crippen LogP contribution in [0.3, 0.4) is 0 Å². The Balaban J connectivity index is 1.52. The Morgan fingerprint density at radius 3 is 0.780 bits per heavy atom. The molecule has 0 atom stereocenters. The van der Waals surface area contributed by atoms with Gasteiger partial charge < -0.3 is 0 Å². The van der Waals surface area contributed by atoms with E-state index in [-0.39, 0.29) is 0 Å². The van der Waals surface area contributed by atoms with Crippen LogP contribution in [0.5, 0.6) is 0 Å². The molecule has 242 valence electrons. The van der Waals surface area contributed by atoms with Crippen LogP contribution in [0.15, 0.2) is 200 Å². The Morgan fingerprint density at radius 2 is 0.560 bits per heavy atom. The summed E-state index contributed by atoms with van der Waals surface area (Å²) >= 11 is 3.42. The minimum Gasteiger partial charge on any atom is -0.243 e. The standard InChI is InChI=1S/C44H34N4S2/c1-49-37-27-23-35(24-28-37)43(45-39(31-15-7-3-8-16-31)40(46-43)32-17-9-4-10-18-32)44(36-25-29-38(50-2)30-26-36)47-41(33-19-11-5-12-20-33)42(48-44)34-21-13-6-14-22-34/h3-30H,1-2H3. The molecular weight excluding hydrogens is 649 g/mol. The molecular formula is C44H34N4S2. The van der Waals surface area contributed by atoms with Crippen molar-refractivity contribution in [3.05, 3.63) is 203 Å². The van der Waals surface area contributed by atoms with Gasteiger partial charge in [0.15, 0.2) is 0 Å². The first-order chi connectivity index (χ1) is 24.6. The number of nitrogens with zero attached hydrogens (tertiary/aromatic N) is 4. The zero-order valence-corrected chi connectivity index (χ0v) is 29.4. The van der Waals surface area contributed by atoms with E-state index >= 15 is 0 Å². The number of rotatable bonds is 9. The van der Waals surface area contributed by atoms with Crippen molar-refractivity contribution >= 4 is 46.4 Å². The molecule has 2 aliphatic rings. The Bertz CT molecular complexity index is 1970. The van der Waals surface area contributed by atoms with Crippen molar-refractivity contribution in [3.8, 4) is 0 Å². The first-order valence-corrected chi connectivity index (χ1v) is 19.0. The van der Waals surface area contributed by atoms with Gasteiger partial charge in [0.25, 0.3) is 0 Å². The van der Waals surface area contributed by atoms with E-state index in [1.54, 1.807) is 23.5 Å². The second kappa shape index (κ2) is 13.5. The summed E-state index contributed by atoms with van der Waals surface area (Å²) in [4.78, 5) is 25.5. The van der Waals surface area contributed by atoms with Crippen LogP contribution in [0.2, 0.25) is 0 Å². The molecule has 0 aromatic heterocycles. The predicted molar refractivity (Wildman–Crippen MR) is 212 cm³/mol. The fourth-order valence-corrected chi connectivity index (χ4v) is 7.53. The average molecular weight is 683 g/mol. The topological polar surface area (TPSA) is 49.4 Å². The van der Waals surface area contributed by atoms with Gasteiger partial charge in [-0.15, -0.1) is 23.5 Å². The molecule has 6 heteroatoms. The van der Waals surface area contributed by atoms with E-state index < -0.39 is 11.3 Å². The van der Waals surface area contributed by atoms with Crippen molar-refractivity contribution in [2.24, 2.45) is 20.0 Å². The largest absolute Gasteiger partial charge is 0.243 e. The smallest absolute Gasteiger partial charge is 0.226 e. The van der Waals surface area contributed by atoms with Gasteiger partial charge in [-0.3, -0.25) is 0 Å². The Kier molecular flexibility index (Phi) is 8.65. The van der Waals surface area contributed by atoms with Crippen LogP contribution in [-0.2, 0) is 11.3 Å². The molecule has 0 fully saturated rings. The number of benzene rings is 6. The second-order valence-electron chi connectivity index (χ2n) is 12.1. The van der Waals surface area contributed by atoms with Crippen LogP contribution in [-0.4, -0.2) is 35.4 Å². The zero-order valence-electron chi connectivity index (χ0n) is 27.8. The first-order valence-electron chi connectivity index (χ1n) is 16.5. The van der Waals surface area contributed by atoms with Gasteiger partial charge in [0.2, 0.25) is 11.3 Å². The van der Waals surface area contributed by atoms with Crippen molar-refractivity contribution in [1.82, 2.24) is 0 Å². The van der Waals surface area contributed by atoms with Gasteiger partial charge in [0.1, 0.15) is 0 Å². The van der Waals surface area contributed by atoms with Gasteiger partial charge in [0, 0.05) is 43.2 Å². The summed E-state index contributed by atoms with van der Waals surface area (Å²) in [6, 6.07) is 58.6.